The summed E-state index contributed by atoms with van der Waals surface area (Å²) < 4.78 is 5.40. The number of aliphatic hydroxyl groups is 1. The number of benzene rings is 1. The van der Waals surface area contributed by atoms with E-state index in [1.165, 1.54) is 0 Å². The van der Waals surface area contributed by atoms with Gasteiger partial charge in [-0.2, -0.15) is 5.10 Å². The molecule has 0 bridgehead atoms. The van der Waals surface area contributed by atoms with Crippen LogP contribution < -0.4 is 5.32 Å². The Balaban J connectivity index is 1.62. The minimum atomic E-state index is -0.0467. The molecule has 1 aliphatic rings. The number of aromatic nitrogens is 2. The second-order valence-electron chi connectivity index (χ2n) is 6.01. The second-order valence-corrected chi connectivity index (χ2v) is 6.01. The first-order valence-corrected chi connectivity index (χ1v) is 7.80. The molecule has 0 aliphatic carbocycles. The predicted octanol–water partition coefficient (Wildman–Crippen LogP) is 1.96. The van der Waals surface area contributed by atoms with Crippen LogP contribution in [0.3, 0.4) is 0 Å². The molecule has 2 aromatic rings. The van der Waals surface area contributed by atoms with Crippen LogP contribution in [-0.4, -0.2) is 41.7 Å². The first-order valence-electron chi connectivity index (χ1n) is 7.80. The summed E-state index contributed by atoms with van der Waals surface area (Å²) in [6.07, 6.45) is 3.69. The zero-order chi connectivity index (χ0) is 15.3. The molecule has 1 aromatic carbocycles. The molecule has 0 spiro atoms. The molecular weight excluding hydrogens is 278 g/mol. The highest BCUT2D eigenvalue weighted by molar-refractivity contribution is 5.62. The molecule has 3 N–H and O–H groups in total. The van der Waals surface area contributed by atoms with Crippen LogP contribution in [0.2, 0.25) is 0 Å². The Morgan fingerprint density at radius 1 is 1.23 bits per heavy atom. The lowest BCUT2D eigenvalue weighted by atomic mass is 9.81. The standard InChI is InChI=1S/C17H23N3O2/c21-13-17(6-8-22-9-7-17)12-18-10-15-11-19-20-16(15)14-4-2-1-3-5-14/h1-5,11,18,21H,6-10,12-13H2,(H,19,20). The zero-order valence-electron chi connectivity index (χ0n) is 12.7. The van der Waals surface area contributed by atoms with E-state index in [-0.39, 0.29) is 12.0 Å². The Morgan fingerprint density at radius 2 is 2.00 bits per heavy atom. The van der Waals surface area contributed by atoms with Crippen LogP contribution in [0.1, 0.15) is 18.4 Å². The van der Waals surface area contributed by atoms with Crippen LogP contribution >= 0.6 is 0 Å². The number of rotatable bonds is 6. The molecule has 22 heavy (non-hydrogen) atoms. The van der Waals surface area contributed by atoms with Gasteiger partial charge in [0, 0.05) is 37.3 Å². The number of hydrogen-bond acceptors (Lipinski definition) is 4. The molecule has 5 nitrogen and oxygen atoms in total. The fourth-order valence-electron chi connectivity index (χ4n) is 2.96. The summed E-state index contributed by atoms with van der Waals surface area (Å²) >= 11 is 0. The van der Waals surface area contributed by atoms with Gasteiger partial charge in [-0.25, -0.2) is 0 Å². The van der Waals surface area contributed by atoms with Crippen molar-refractivity contribution in [1.82, 2.24) is 15.5 Å². The summed E-state index contributed by atoms with van der Waals surface area (Å²) in [5, 5.41) is 20.4. The third-order valence-corrected chi connectivity index (χ3v) is 4.48. The van der Waals surface area contributed by atoms with Gasteiger partial charge < -0.3 is 15.2 Å². The van der Waals surface area contributed by atoms with Crippen molar-refractivity contribution in [1.29, 1.82) is 0 Å². The van der Waals surface area contributed by atoms with Crippen molar-refractivity contribution >= 4 is 0 Å². The molecule has 0 atom stereocenters. The number of nitrogens with one attached hydrogen (secondary N) is 2. The number of aromatic amines is 1. The molecule has 1 fully saturated rings. The maximum atomic E-state index is 9.72. The Kier molecular flexibility index (Phi) is 4.87. The van der Waals surface area contributed by atoms with Crippen LogP contribution in [0, 0.1) is 5.41 Å². The van der Waals surface area contributed by atoms with Gasteiger partial charge in [-0.15, -0.1) is 0 Å². The second kappa shape index (κ2) is 7.05. The third kappa shape index (κ3) is 3.38. The smallest absolute Gasteiger partial charge is 0.0695 e. The van der Waals surface area contributed by atoms with Gasteiger partial charge in [0.1, 0.15) is 0 Å². The zero-order valence-corrected chi connectivity index (χ0v) is 12.7. The highest BCUT2D eigenvalue weighted by atomic mass is 16.5. The molecule has 0 amide bonds. The van der Waals surface area contributed by atoms with Crippen LogP contribution in [0.25, 0.3) is 11.3 Å². The van der Waals surface area contributed by atoms with Crippen LogP contribution in [0.5, 0.6) is 0 Å². The number of H-pyrrole nitrogens is 1. The number of hydrogen-bond donors (Lipinski definition) is 3. The summed E-state index contributed by atoms with van der Waals surface area (Å²) in [5.74, 6) is 0. The Morgan fingerprint density at radius 3 is 2.73 bits per heavy atom. The van der Waals surface area contributed by atoms with Crippen molar-refractivity contribution in [2.75, 3.05) is 26.4 Å². The number of aliphatic hydroxyl groups excluding tert-OH is 1. The average molecular weight is 301 g/mol. The fourth-order valence-corrected chi connectivity index (χ4v) is 2.96. The molecule has 1 aliphatic heterocycles. The molecule has 0 unspecified atom stereocenters. The van der Waals surface area contributed by atoms with Gasteiger partial charge in [0.2, 0.25) is 0 Å². The van der Waals surface area contributed by atoms with Gasteiger partial charge in [0.15, 0.2) is 0 Å². The monoisotopic (exact) mass is 301 g/mol. The van der Waals surface area contributed by atoms with E-state index in [2.05, 4.69) is 27.6 Å². The predicted molar refractivity (Wildman–Crippen MR) is 85.3 cm³/mol. The SMILES string of the molecule is OCC1(CNCc2cn[nH]c2-c2ccccc2)CCOCC1. The molecule has 5 heteroatoms. The molecule has 3 rings (SSSR count). The Bertz CT molecular complexity index is 577. The Labute approximate surface area is 130 Å². The molecule has 2 heterocycles. The molecule has 0 saturated carbocycles. The maximum Gasteiger partial charge on any atom is 0.0695 e. The van der Waals surface area contributed by atoms with Crippen molar-refractivity contribution in [3.8, 4) is 11.3 Å². The number of nitrogens with zero attached hydrogens (tertiary/aromatic N) is 1. The van der Waals surface area contributed by atoms with E-state index in [0.29, 0.717) is 0 Å². The molecule has 1 aromatic heterocycles. The Hall–Kier alpha value is -1.69. The van der Waals surface area contributed by atoms with E-state index < -0.39 is 0 Å². The van der Waals surface area contributed by atoms with Crippen LogP contribution in [0.15, 0.2) is 36.5 Å². The lowest BCUT2D eigenvalue weighted by Gasteiger charge is -2.35. The number of ether oxygens (including phenoxy) is 1. The lowest BCUT2D eigenvalue weighted by molar-refractivity contribution is -0.0154. The largest absolute Gasteiger partial charge is 0.396 e. The minimum absolute atomic E-state index is 0.0467. The maximum absolute atomic E-state index is 9.72. The van der Waals surface area contributed by atoms with Crippen molar-refractivity contribution in [3.63, 3.8) is 0 Å². The summed E-state index contributed by atoms with van der Waals surface area (Å²) in [5.41, 5.74) is 3.29. The molecule has 118 valence electrons. The normalized spacial score (nSPS) is 17.5. The van der Waals surface area contributed by atoms with Gasteiger partial charge in [0.05, 0.1) is 18.5 Å². The first kappa shape index (κ1) is 15.2. The van der Waals surface area contributed by atoms with Gasteiger partial charge in [-0.05, 0) is 18.4 Å². The third-order valence-electron chi connectivity index (χ3n) is 4.48. The lowest BCUT2D eigenvalue weighted by Crippen LogP contribution is -2.41. The topological polar surface area (TPSA) is 70.2 Å². The van der Waals surface area contributed by atoms with Gasteiger partial charge in [0.25, 0.3) is 0 Å². The average Bonchev–Trinajstić information content (AvgIpc) is 3.05. The fraction of sp³-hybridized carbons (Fsp3) is 0.471. The van der Waals surface area contributed by atoms with Crippen LogP contribution in [0.4, 0.5) is 0 Å². The summed E-state index contributed by atoms with van der Waals surface area (Å²) in [6.45, 7) is 3.22. The minimum Gasteiger partial charge on any atom is -0.396 e. The van der Waals surface area contributed by atoms with E-state index in [1.54, 1.807) is 0 Å². The van der Waals surface area contributed by atoms with Crippen molar-refractivity contribution < 1.29 is 9.84 Å². The van der Waals surface area contributed by atoms with E-state index in [1.807, 2.05) is 24.4 Å². The van der Waals surface area contributed by atoms with Crippen molar-refractivity contribution in [2.45, 2.75) is 19.4 Å². The first-order chi connectivity index (χ1) is 10.8. The molecular formula is C17H23N3O2. The van der Waals surface area contributed by atoms with E-state index in [0.717, 1.165) is 56.0 Å². The quantitative estimate of drug-likeness (QED) is 0.763. The van der Waals surface area contributed by atoms with Crippen molar-refractivity contribution in [3.05, 3.63) is 42.1 Å². The van der Waals surface area contributed by atoms with E-state index in [9.17, 15) is 5.11 Å². The van der Waals surface area contributed by atoms with Gasteiger partial charge in [-0.3, -0.25) is 5.10 Å². The molecule has 0 radical (unpaired) electrons. The molecule has 1 saturated heterocycles. The summed E-state index contributed by atoms with van der Waals surface area (Å²) in [7, 11) is 0. The van der Waals surface area contributed by atoms with Crippen molar-refractivity contribution in [2.24, 2.45) is 5.41 Å². The van der Waals surface area contributed by atoms with E-state index >= 15 is 0 Å². The van der Waals surface area contributed by atoms with Gasteiger partial charge >= 0.3 is 0 Å². The summed E-state index contributed by atoms with van der Waals surface area (Å²) in [4.78, 5) is 0. The highest BCUT2D eigenvalue weighted by Crippen LogP contribution is 2.29. The highest BCUT2D eigenvalue weighted by Gasteiger charge is 2.31. The summed E-state index contributed by atoms with van der Waals surface area (Å²) in [6, 6.07) is 10.2. The van der Waals surface area contributed by atoms with Gasteiger partial charge in [-0.1, -0.05) is 30.3 Å². The van der Waals surface area contributed by atoms with Crippen LogP contribution in [-0.2, 0) is 11.3 Å². The van der Waals surface area contributed by atoms with E-state index in [4.69, 9.17) is 4.74 Å².